The van der Waals surface area contributed by atoms with Gasteiger partial charge in [-0.2, -0.15) is 0 Å². The van der Waals surface area contributed by atoms with Gasteiger partial charge in [0.1, 0.15) is 19.3 Å². The fraction of sp³-hybridized carbons (Fsp3) is 0.639. The molecule has 5 unspecified atom stereocenters. The molecule has 0 amide bonds. The van der Waals surface area contributed by atoms with E-state index in [9.17, 15) is 43.2 Å². The summed E-state index contributed by atoms with van der Waals surface area (Å²) in [5.74, 6) is -2.31. The summed E-state index contributed by atoms with van der Waals surface area (Å²) in [6.45, 7) is 4.40. The molecule has 5 atom stereocenters. The maximum atomic E-state index is 13.1. The number of allylic oxidation sites excluding steroid dienone is 26. The van der Waals surface area contributed by atoms with E-state index in [2.05, 4.69) is 186 Å². The summed E-state index contributed by atoms with van der Waals surface area (Å²) < 4.78 is 68.4. The molecule has 0 aliphatic carbocycles. The Morgan fingerprint density at radius 1 is 0.284 bits per heavy atom. The van der Waals surface area contributed by atoms with Gasteiger partial charge in [0.25, 0.3) is 0 Å². The Balaban J connectivity index is 5.44. The van der Waals surface area contributed by atoms with Crippen LogP contribution in [-0.2, 0) is 65.4 Å². The van der Waals surface area contributed by atoms with Crippen molar-refractivity contribution in [2.75, 3.05) is 39.6 Å². The third kappa shape index (κ3) is 73.0. The van der Waals surface area contributed by atoms with Crippen molar-refractivity contribution < 1.29 is 80.2 Å². The van der Waals surface area contributed by atoms with Crippen LogP contribution in [0.2, 0.25) is 0 Å². The summed E-state index contributed by atoms with van der Waals surface area (Å²) in [6, 6.07) is 0. The summed E-state index contributed by atoms with van der Waals surface area (Å²) in [7, 11) is -10.00. The highest BCUT2D eigenvalue weighted by Gasteiger charge is 2.30. The van der Waals surface area contributed by atoms with Gasteiger partial charge in [-0.15, -0.1) is 0 Å². The summed E-state index contributed by atoms with van der Waals surface area (Å²) in [5.41, 5.74) is 0. The molecule has 19 heteroatoms. The van der Waals surface area contributed by atoms with Gasteiger partial charge in [-0.25, -0.2) is 9.13 Å². The summed E-state index contributed by atoms with van der Waals surface area (Å²) >= 11 is 0. The molecule has 0 heterocycles. The van der Waals surface area contributed by atoms with Crippen molar-refractivity contribution in [3.8, 4) is 0 Å². The molecule has 0 spiro atoms. The smallest absolute Gasteiger partial charge is 0.462 e. The summed E-state index contributed by atoms with van der Waals surface area (Å²) in [5, 5.41) is 10.6. The molecule has 0 bridgehead atoms. The summed E-state index contributed by atoms with van der Waals surface area (Å²) in [6.07, 6.45) is 85.2. The minimum atomic E-state index is -5.00. The number of ether oxygens (including phenoxy) is 4. The second-order valence-electron chi connectivity index (χ2n) is 25.2. The maximum Gasteiger partial charge on any atom is 0.472 e. The number of phosphoric ester groups is 2. The number of unbranched alkanes of at least 4 members (excludes halogenated alkanes) is 19. The zero-order valence-electron chi connectivity index (χ0n) is 63.2. The Labute approximate surface area is 617 Å². The van der Waals surface area contributed by atoms with Crippen LogP contribution in [0.3, 0.4) is 0 Å². The van der Waals surface area contributed by atoms with Gasteiger partial charge in [-0.3, -0.25) is 37.3 Å². The molecule has 102 heavy (non-hydrogen) atoms. The summed E-state index contributed by atoms with van der Waals surface area (Å²) in [4.78, 5) is 72.9. The van der Waals surface area contributed by atoms with Crippen molar-refractivity contribution in [2.45, 2.75) is 303 Å². The van der Waals surface area contributed by atoms with E-state index in [4.69, 9.17) is 37.0 Å². The van der Waals surface area contributed by atoms with Crippen molar-refractivity contribution in [3.63, 3.8) is 0 Å². The fourth-order valence-corrected chi connectivity index (χ4v) is 11.2. The number of hydrogen-bond donors (Lipinski definition) is 3. The van der Waals surface area contributed by atoms with Crippen LogP contribution in [0.15, 0.2) is 158 Å². The Morgan fingerprint density at radius 3 is 0.843 bits per heavy atom. The van der Waals surface area contributed by atoms with Crippen molar-refractivity contribution in [1.82, 2.24) is 0 Å². The molecule has 0 fully saturated rings. The number of aliphatic hydroxyl groups is 1. The molecule has 0 rings (SSSR count). The highest BCUT2D eigenvalue weighted by atomic mass is 31.2. The SMILES string of the molecule is CC/C=C\C/C=C\C/C=C\C/C=C\CCCCC(=O)OCC(COP(=O)(O)OCC(O)COP(=O)(O)OCC(COC(=O)CCCCCCCC/C=C\C/C=C\C/C=C\CCCCC)OC(=O)CCCC/C=C\C/C=C\C/C=C\C/C=C\CC)OC(=O)CCCCCCC/C=C\C/C=C\CCC. The number of carbonyl (C=O) groups excluding carboxylic acids is 4. The first-order valence-electron chi connectivity index (χ1n) is 38.7. The quantitative estimate of drug-likeness (QED) is 0.0169. The van der Waals surface area contributed by atoms with E-state index in [1.54, 1.807) is 0 Å². The van der Waals surface area contributed by atoms with Crippen LogP contribution < -0.4 is 0 Å². The van der Waals surface area contributed by atoms with E-state index in [1.807, 2.05) is 0 Å². The van der Waals surface area contributed by atoms with Gasteiger partial charge in [0.05, 0.1) is 26.4 Å². The van der Waals surface area contributed by atoms with Crippen LogP contribution in [0.1, 0.15) is 285 Å². The molecule has 0 saturated heterocycles. The number of carbonyl (C=O) groups is 4. The number of aliphatic hydroxyl groups excluding tert-OH is 1. The number of esters is 4. The molecule has 3 N–H and O–H groups in total. The predicted molar refractivity (Wildman–Crippen MR) is 417 cm³/mol. The van der Waals surface area contributed by atoms with E-state index in [-0.39, 0.29) is 25.7 Å². The van der Waals surface area contributed by atoms with Crippen LogP contribution in [0.5, 0.6) is 0 Å². The normalized spacial score (nSPS) is 14.8. The molecule has 0 aromatic rings. The molecule has 0 aromatic carbocycles. The van der Waals surface area contributed by atoms with Crippen LogP contribution >= 0.6 is 15.6 Å². The first-order valence-corrected chi connectivity index (χ1v) is 41.7. The van der Waals surface area contributed by atoms with Gasteiger partial charge in [-0.05, 0) is 167 Å². The van der Waals surface area contributed by atoms with E-state index in [1.165, 1.54) is 19.3 Å². The van der Waals surface area contributed by atoms with E-state index in [0.29, 0.717) is 32.1 Å². The first-order chi connectivity index (χ1) is 49.7. The average Bonchev–Trinajstić information content (AvgIpc) is 0.909. The molecule has 0 aliphatic heterocycles. The van der Waals surface area contributed by atoms with Gasteiger partial charge < -0.3 is 33.8 Å². The Morgan fingerprint density at radius 2 is 0.529 bits per heavy atom. The minimum absolute atomic E-state index is 0.0334. The molecule has 0 aromatic heterocycles. The van der Waals surface area contributed by atoms with Gasteiger partial charge in [-0.1, -0.05) is 250 Å². The highest BCUT2D eigenvalue weighted by molar-refractivity contribution is 7.47. The molecule has 580 valence electrons. The van der Waals surface area contributed by atoms with Crippen LogP contribution in [0.4, 0.5) is 0 Å². The van der Waals surface area contributed by atoms with Gasteiger partial charge >= 0.3 is 39.5 Å². The van der Waals surface area contributed by atoms with Gasteiger partial charge in [0, 0.05) is 25.7 Å². The molecule has 17 nitrogen and oxygen atoms in total. The third-order valence-corrected chi connectivity index (χ3v) is 17.3. The van der Waals surface area contributed by atoms with Crippen molar-refractivity contribution >= 4 is 39.5 Å². The lowest BCUT2D eigenvalue weighted by atomic mass is 10.1. The number of phosphoric acid groups is 2. The lowest BCUT2D eigenvalue weighted by Gasteiger charge is -2.21. The Bertz CT molecular complexity index is 2550. The molecule has 0 radical (unpaired) electrons. The van der Waals surface area contributed by atoms with E-state index < -0.39 is 97.5 Å². The average molecular weight is 1470 g/mol. The second kappa shape index (κ2) is 74.0. The topological polar surface area (TPSA) is 237 Å². The van der Waals surface area contributed by atoms with Gasteiger partial charge in [0.2, 0.25) is 0 Å². The second-order valence-corrected chi connectivity index (χ2v) is 28.1. The maximum absolute atomic E-state index is 13.1. The van der Waals surface area contributed by atoms with Crippen LogP contribution in [0, 0.1) is 0 Å². The van der Waals surface area contributed by atoms with Crippen LogP contribution in [0.25, 0.3) is 0 Å². The lowest BCUT2D eigenvalue weighted by molar-refractivity contribution is -0.161. The molecular weight excluding hydrogens is 1330 g/mol. The minimum Gasteiger partial charge on any atom is -0.462 e. The molecular formula is C83H136O17P2. The Kier molecular flexibility index (Phi) is 70.1. The number of hydrogen-bond acceptors (Lipinski definition) is 15. The zero-order valence-corrected chi connectivity index (χ0v) is 65.0. The lowest BCUT2D eigenvalue weighted by Crippen LogP contribution is -2.30. The largest absolute Gasteiger partial charge is 0.472 e. The highest BCUT2D eigenvalue weighted by Crippen LogP contribution is 2.45. The van der Waals surface area contributed by atoms with Gasteiger partial charge in [0.15, 0.2) is 12.2 Å². The zero-order chi connectivity index (χ0) is 74.6. The monoisotopic (exact) mass is 1470 g/mol. The van der Waals surface area contributed by atoms with E-state index >= 15 is 0 Å². The predicted octanol–water partition coefficient (Wildman–Crippen LogP) is 22.4. The fourth-order valence-electron chi connectivity index (χ4n) is 9.60. The third-order valence-electron chi connectivity index (χ3n) is 15.4. The van der Waals surface area contributed by atoms with Crippen molar-refractivity contribution in [3.05, 3.63) is 158 Å². The molecule has 0 saturated carbocycles. The standard InChI is InChI=1S/C83H136O17P2/c1-5-9-13-17-21-25-29-33-36-37-38-39-42-45-48-52-56-60-64-68-81(86)94-74-79(100-83(88)70-66-62-58-54-50-46-41-35-31-27-23-19-15-11-7-3)76-98-102(91,92)96-72-77(84)71-95-101(89,90)97-75-78(99-82(87)69-65-61-57-53-49-43-32-28-24-20-16-12-8-4)73-93-80(85)67-63-59-55-51-47-44-40-34-30-26-22-18-14-10-6-2/h10-11,14-16,20-23,25-28,32-36,38-41,47,50-51,54,77-79,84H,5-9,12-13,17-19,24,29-31,37,42-46,48-49,52-53,55-76H2,1-4H3,(H,89,90)(H,91,92)/b14-10-,15-11-,20-16-,25-21-,26-22-,27-23-,32-28-,36-33-,39-38-,40-34-,41-35-,51-47-,54-50-. The Hall–Kier alpha value is -5.32. The van der Waals surface area contributed by atoms with Crippen molar-refractivity contribution in [1.29, 1.82) is 0 Å². The first kappa shape index (κ1) is 96.7. The van der Waals surface area contributed by atoms with E-state index in [0.717, 1.165) is 180 Å². The number of rotatable bonds is 71. The molecule has 0 aliphatic rings. The van der Waals surface area contributed by atoms with Crippen molar-refractivity contribution in [2.24, 2.45) is 0 Å². The van der Waals surface area contributed by atoms with Crippen LogP contribution in [-0.4, -0.2) is 96.7 Å².